The van der Waals surface area contributed by atoms with Crippen molar-refractivity contribution in [1.29, 1.82) is 0 Å². The third-order valence-electron chi connectivity index (χ3n) is 6.07. The highest BCUT2D eigenvalue weighted by molar-refractivity contribution is 6.24. The van der Waals surface area contributed by atoms with Gasteiger partial charge in [-0.1, -0.05) is 12.1 Å². The smallest absolute Gasteiger partial charge is 0.303 e. The molecule has 202 valence electrons. The van der Waals surface area contributed by atoms with E-state index >= 15 is 0 Å². The average Bonchev–Trinajstić information content (AvgIpc) is 3.47. The Hall–Kier alpha value is -4.26. The molecule has 13 heteroatoms. The summed E-state index contributed by atoms with van der Waals surface area (Å²) in [5.74, 6) is -5.72. The topological polar surface area (TPSA) is 178 Å². The van der Waals surface area contributed by atoms with Gasteiger partial charge in [-0.25, -0.2) is 0 Å². The fraction of sp³-hybridized carbons (Fsp3) is 0.440. The van der Waals surface area contributed by atoms with Crippen molar-refractivity contribution in [3.8, 4) is 5.75 Å². The number of phenols is 1. The van der Waals surface area contributed by atoms with E-state index in [9.17, 15) is 33.9 Å². The molecule has 1 spiro atoms. The molecule has 0 radical (unpaired) electrons. The van der Waals surface area contributed by atoms with Crippen LogP contribution in [0.2, 0.25) is 0 Å². The molecule has 2 aliphatic carbocycles. The number of benzene rings is 1. The molecular formula is C25H24O13. The second-order valence-electron chi connectivity index (χ2n) is 8.94. The summed E-state index contributed by atoms with van der Waals surface area (Å²) in [7, 11) is 0. The highest BCUT2D eigenvalue weighted by Gasteiger charge is 2.74. The molecule has 1 aromatic carbocycles. The minimum atomic E-state index is -1.70. The Labute approximate surface area is 215 Å². The molecule has 6 atom stereocenters. The van der Waals surface area contributed by atoms with Crippen molar-refractivity contribution >= 4 is 35.4 Å². The lowest BCUT2D eigenvalue weighted by Crippen LogP contribution is -2.64. The minimum absolute atomic E-state index is 0.0233. The van der Waals surface area contributed by atoms with Gasteiger partial charge < -0.3 is 33.5 Å². The molecule has 1 saturated heterocycles. The molecule has 1 saturated carbocycles. The summed E-state index contributed by atoms with van der Waals surface area (Å²) in [6.45, 7) is 4.35. The van der Waals surface area contributed by atoms with Crippen molar-refractivity contribution in [3.63, 3.8) is 0 Å². The fourth-order valence-electron chi connectivity index (χ4n) is 4.61. The number of aromatic hydroxyl groups is 1. The van der Waals surface area contributed by atoms with Crippen LogP contribution in [0, 0.1) is 0 Å². The predicted octanol–water partition coefficient (Wildman–Crippen LogP) is 0.897. The largest absolute Gasteiger partial charge is 0.507 e. The number of rotatable bonds is 6. The molecule has 4 rings (SSSR count). The van der Waals surface area contributed by atoms with Crippen LogP contribution in [0.15, 0.2) is 30.0 Å². The van der Waals surface area contributed by atoms with Crippen LogP contribution >= 0.6 is 0 Å². The summed E-state index contributed by atoms with van der Waals surface area (Å²) in [6, 6.07) is 3.96. The highest BCUT2D eigenvalue weighted by Crippen LogP contribution is 2.53. The monoisotopic (exact) mass is 532 g/mol. The summed E-state index contributed by atoms with van der Waals surface area (Å²) < 4.78 is 33.1. The number of fused-ring (bicyclic) bond motifs is 1. The highest BCUT2D eigenvalue weighted by atomic mass is 16.8. The number of phenolic OH excluding ortho intramolecular Hbond substituents is 1. The summed E-state index contributed by atoms with van der Waals surface area (Å²) in [5, 5.41) is 10.2. The molecule has 0 aromatic heterocycles. The second kappa shape index (κ2) is 9.89. The first kappa shape index (κ1) is 26.8. The third kappa shape index (κ3) is 4.96. The van der Waals surface area contributed by atoms with Gasteiger partial charge in [-0.05, 0) is 6.07 Å². The maximum atomic E-state index is 13.1. The van der Waals surface area contributed by atoms with Crippen LogP contribution in [0.5, 0.6) is 5.75 Å². The predicted molar refractivity (Wildman–Crippen MR) is 120 cm³/mol. The lowest BCUT2D eigenvalue weighted by Gasteiger charge is -2.45. The Morgan fingerprint density at radius 2 is 1.50 bits per heavy atom. The van der Waals surface area contributed by atoms with Crippen LogP contribution in [-0.2, 0) is 47.6 Å². The van der Waals surface area contributed by atoms with Crippen molar-refractivity contribution in [2.75, 3.05) is 0 Å². The van der Waals surface area contributed by atoms with E-state index in [0.29, 0.717) is 0 Å². The summed E-state index contributed by atoms with van der Waals surface area (Å²) in [6.07, 6.45) is -6.35. The van der Waals surface area contributed by atoms with Crippen molar-refractivity contribution < 1.29 is 62.3 Å². The standard InChI is InChI=1S/C25H24O13/c1-10(26)33-18-9-25(18)23(36-13(4)29)21(34-11(2)27)22(35-12(3)28)24(38-25)37-17-8-16(31)14-6-5-7-15(30)19(14)20(17)32/h5-8,18,21-24,30H,9H2,1-4H3/t18-,21+,22+,23-,24+,25-/m0/s1. The molecule has 0 bridgehead atoms. The van der Waals surface area contributed by atoms with Crippen LogP contribution < -0.4 is 0 Å². The summed E-state index contributed by atoms with van der Waals surface area (Å²) in [4.78, 5) is 73.5. The van der Waals surface area contributed by atoms with Crippen LogP contribution in [0.3, 0.4) is 0 Å². The molecular weight excluding hydrogens is 508 g/mol. The summed E-state index contributed by atoms with van der Waals surface area (Å²) >= 11 is 0. The van der Waals surface area contributed by atoms with Gasteiger partial charge in [0.15, 0.2) is 29.4 Å². The molecule has 2 fully saturated rings. The van der Waals surface area contributed by atoms with E-state index in [1.54, 1.807) is 0 Å². The average molecular weight is 532 g/mol. The van der Waals surface area contributed by atoms with Gasteiger partial charge in [0.05, 0.1) is 5.56 Å². The number of Topliss-reactive ketones (excluding diaryl/α,β-unsaturated/α-hetero) is 1. The van der Waals surface area contributed by atoms with E-state index in [0.717, 1.165) is 33.8 Å². The number of ketones is 2. The van der Waals surface area contributed by atoms with Crippen LogP contribution in [0.4, 0.5) is 0 Å². The zero-order chi connectivity index (χ0) is 27.9. The number of carbonyl (C=O) groups excluding carboxylic acids is 6. The first-order valence-corrected chi connectivity index (χ1v) is 11.5. The molecule has 1 aliphatic heterocycles. The van der Waals surface area contributed by atoms with Gasteiger partial charge in [0.1, 0.15) is 11.9 Å². The number of carbonyl (C=O) groups is 6. The number of esters is 4. The first-order valence-electron chi connectivity index (χ1n) is 11.5. The van der Waals surface area contributed by atoms with Crippen LogP contribution in [0.1, 0.15) is 54.8 Å². The number of hydrogen-bond acceptors (Lipinski definition) is 13. The van der Waals surface area contributed by atoms with Crippen molar-refractivity contribution in [1.82, 2.24) is 0 Å². The van der Waals surface area contributed by atoms with E-state index < -0.39 is 83.3 Å². The van der Waals surface area contributed by atoms with E-state index in [1.165, 1.54) is 18.2 Å². The van der Waals surface area contributed by atoms with Gasteiger partial charge in [-0.3, -0.25) is 28.8 Å². The number of ether oxygens (including phenoxy) is 6. The zero-order valence-electron chi connectivity index (χ0n) is 20.7. The van der Waals surface area contributed by atoms with Gasteiger partial charge >= 0.3 is 23.9 Å². The first-order chi connectivity index (χ1) is 17.8. The molecule has 1 heterocycles. The minimum Gasteiger partial charge on any atom is -0.507 e. The zero-order valence-corrected chi connectivity index (χ0v) is 20.7. The summed E-state index contributed by atoms with van der Waals surface area (Å²) in [5.41, 5.74) is -1.95. The van der Waals surface area contributed by atoms with Gasteiger partial charge in [0, 0.05) is 45.8 Å². The lowest BCUT2D eigenvalue weighted by molar-refractivity contribution is -0.308. The van der Waals surface area contributed by atoms with E-state index in [1.807, 2.05) is 0 Å². The molecule has 0 unspecified atom stereocenters. The quantitative estimate of drug-likeness (QED) is 0.404. The Balaban J connectivity index is 1.76. The number of allylic oxidation sites excluding steroid dienone is 2. The maximum Gasteiger partial charge on any atom is 0.303 e. The molecule has 38 heavy (non-hydrogen) atoms. The van der Waals surface area contributed by atoms with Gasteiger partial charge in [-0.15, -0.1) is 0 Å². The SMILES string of the molecule is CC(=O)O[C@@H]1[C@@H](OC(C)=O)[C@H](OC2=CC(=O)c3cccc(O)c3C2=O)O[C@]2(C[C@@H]2OC(C)=O)[C@H]1OC(C)=O. The lowest BCUT2D eigenvalue weighted by atomic mass is 9.92. The Bertz CT molecular complexity index is 1260. The van der Waals surface area contributed by atoms with Crippen molar-refractivity contribution in [3.05, 3.63) is 41.2 Å². The molecule has 0 amide bonds. The maximum absolute atomic E-state index is 13.1. The van der Waals surface area contributed by atoms with E-state index in [2.05, 4.69) is 0 Å². The molecule has 13 nitrogen and oxygen atoms in total. The number of hydrogen-bond donors (Lipinski definition) is 1. The van der Waals surface area contributed by atoms with Gasteiger partial charge in [0.25, 0.3) is 0 Å². The van der Waals surface area contributed by atoms with Gasteiger partial charge in [0.2, 0.25) is 18.2 Å². The van der Waals surface area contributed by atoms with Crippen molar-refractivity contribution in [2.24, 2.45) is 0 Å². The van der Waals surface area contributed by atoms with Crippen molar-refractivity contribution in [2.45, 2.75) is 70.4 Å². The van der Waals surface area contributed by atoms with Gasteiger partial charge in [-0.2, -0.15) is 0 Å². The molecule has 1 N–H and O–H groups in total. The van der Waals surface area contributed by atoms with E-state index in [-0.39, 0.29) is 17.5 Å². The van der Waals surface area contributed by atoms with E-state index in [4.69, 9.17) is 28.4 Å². The Kier molecular flexibility index (Phi) is 6.98. The fourth-order valence-corrected chi connectivity index (χ4v) is 4.61. The Morgan fingerprint density at radius 3 is 2.11 bits per heavy atom. The second-order valence-corrected chi connectivity index (χ2v) is 8.94. The van der Waals surface area contributed by atoms with Crippen LogP contribution in [-0.4, -0.2) is 76.9 Å². The Morgan fingerprint density at radius 1 is 0.895 bits per heavy atom. The molecule has 3 aliphatic rings. The molecule has 1 aromatic rings. The third-order valence-corrected chi connectivity index (χ3v) is 6.07. The normalized spacial score (nSPS) is 29.5. The van der Waals surface area contributed by atoms with Crippen LogP contribution in [0.25, 0.3) is 0 Å².